The van der Waals surface area contributed by atoms with E-state index in [1.165, 1.54) is 7.11 Å². The minimum atomic E-state index is -0.553. The van der Waals surface area contributed by atoms with E-state index in [1.807, 2.05) is 18.7 Å². The van der Waals surface area contributed by atoms with E-state index in [-0.39, 0.29) is 11.8 Å². The molecule has 0 aromatic rings. The minimum Gasteiger partial charge on any atom is -0.453 e. The number of methoxy groups -OCH3 is 1. The van der Waals surface area contributed by atoms with E-state index in [4.69, 9.17) is 0 Å². The van der Waals surface area contributed by atoms with Crippen LogP contribution in [-0.2, 0) is 9.53 Å². The molecule has 0 spiro atoms. The predicted molar refractivity (Wildman–Crippen MR) is 72.7 cm³/mol. The SMILES string of the molecule is COC(=O)N[C@H](C(=O)N1CCC(SC)C1)C(C)C. The number of nitrogens with one attached hydrogen (secondary N) is 1. The van der Waals surface area contributed by atoms with Crippen LogP contribution in [0.4, 0.5) is 4.79 Å². The number of likely N-dealkylation sites (tertiary alicyclic amines) is 1. The van der Waals surface area contributed by atoms with Crippen LogP contribution in [0.1, 0.15) is 20.3 Å². The predicted octanol–water partition coefficient (Wildman–Crippen LogP) is 1.33. The van der Waals surface area contributed by atoms with Gasteiger partial charge in [-0.2, -0.15) is 11.8 Å². The van der Waals surface area contributed by atoms with Crippen molar-refractivity contribution in [1.82, 2.24) is 10.2 Å². The maximum atomic E-state index is 12.3. The average Bonchev–Trinajstić information content (AvgIpc) is 2.83. The second kappa shape index (κ2) is 6.87. The van der Waals surface area contributed by atoms with Crippen molar-refractivity contribution < 1.29 is 14.3 Å². The molecule has 0 bridgehead atoms. The number of amides is 2. The number of alkyl carbamates (subject to hydrolysis) is 1. The van der Waals surface area contributed by atoms with Crippen LogP contribution in [0.25, 0.3) is 0 Å². The zero-order valence-corrected chi connectivity index (χ0v) is 12.3. The molecule has 0 aromatic carbocycles. The Morgan fingerprint density at radius 1 is 1.44 bits per heavy atom. The first-order chi connectivity index (χ1) is 8.49. The monoisotopic (exact) mass is 274 g/mol. The van der Waals surface area contributed by atoms with Crippen molar-refractivity contribution in [2.75, 3.05) is 26.5 Å². The molecule has 2 atom stereocenters. The molecule has 1 aliphatic heterocycles. The molecule has 6 heteroatoms. The van der Waals surface area contributed by atoms with Gasteiger partial charge in [-0.3, -0.25) is 4.79 Å². The van der Waals surface area contributed by atoms with Crippen LogP contribution < -0.4 is 5.32 Å². The van der Waals surface area contributed by atoms with Crippen molar-refractivity contribution in [2.45, 2.75) is 31.6 Å². The Labute approximate surface area is 113 Å². The fourth-order valence-electron chi connectivity index (χ4n) is 2.02. The molecule has 2 amide bonds. The summed E-state index contributed by atoms with van der Waals surface area (Å²) in [5.74, 6) is 0.0388. The third-order valence-electron chi connectivity index (χ3n) is 3.18. The van der Waals surface area contributed by atoms with E-state index >= 15 is 0 Å². The maximum absolute atomic E-state index is 12.3. The Balaban J connectivity index is 2.63. The molecular weight excluding hydrogens is 252 g/mol. The molecule has 0 aromatic heterocycles. The zero-order chi connectivity index (χ0) is 13.7. The highest BCUT2D eigenvalue weighted by Crippen LogP contribution is 2.21. The van der Waals surface area contributed by atoms with Crippen molar-refractivity contribution in [3.05, 3.63) is 0 Å². The van der Waals surface area contributed by atoms with Crippen LogP contribution in [0.2, 0.25) is 0 Å². The standard InChI is InChI=1S/C12H22N2O3S/c1-8(2)10(13-12(16)17-3)11(15)14-6-5-9(7-14)18-4/h8-10H,5-7H2,1-4H3,(H,13,16)/t9?,10-/m0/s1. The van der Waals surface area contributed by atoms with Gasteiger partial charge in [0.05, 0.1) is 7.11 Å². The number of nitrogens with zero attached hydrogens (tertiary/aromatic N) is 1. The van der Waals surface area contributed by atoms with Gasteiger partial charge in [0, 0.05) is 18.3 Å². The number of hydrogen-bond donors (Lipinski definition) is 1. The van der Waals surface area contributed by atoms with Gasteiger partial charge in [0.15, 0.2) is 0 Å². The molecule has 104 valence electrons. The molecule has 1 saturated heterocycles. The maximum Gasteiger partial charge on any atom is 0.407 e. The number of thioether (sulfide) groups is 1. The molecule has 1 heterocycles. The lowest BCUT2D eigenvalue weighted by Crippen LogP contribution is -2.50. The molecular formula is C12H22N2O3S. The summed E-state index contributed by atoms with van der Waals surface area (Å²) in [6.45, 7) is 5.38. The van der Waals surface area contributed by atoms with Gasteiger partial charge in [0.1, 0.15) is 6.04 Å². The molecule has 5 nitrogen and oxygen atoms in total. The van der Waals surface area contributed by atoms with E-state index in [0.29, 0.717) is 5.25 Å². The second-order valence-corrected chi connectivity index (χ2v) is 5.93. The van der Waals surface area contributed by atoms with Crippen LogP contribution in [0, 0.1) is 5.92 Å². The van der Waals surface area contributed by atoms with Crippen molar-refractivity contribution in [1.29, 1.82) is 0 Å². The van der Waals surface area contributed by atoms with Gasteiger partial charge in [0.2, 0.25) is 5.91 Å². The summed E-state index contributed by atoms with van der Waals surface area (Å²) in [7, 11) is 1.30. The van der Waals surface area contributed by atoms with Gasteiger partial charge in [-0.05, 0) is 18.6 Å². The van der Waals surface area contributed by atoms with E-state index in [9.17, 15) is 9.59 Å². The van der Waals surface area contributed by atoms with Gasteiger partial charge in [-0.1, -0.05) is 13.8 Å². The first-order valence-electron chi connectivity index (χ1n) is 6.15. The number of hydrogen-bond acceptors (Lipinski definition) is 4. The largest absolute Gasteiger partial charge is 0.453 e. The summed E-state index contributed by atoms with van der Waals surface area (Å²) in [5.41, 5.74) is 0. The number of rotatable bonds is 4. The Kier molecular flexibility index (Phi) is 5.78. The summed E-state index contributed by atoms with van der Waals surface area (Å²) in [6, 6.07) is -0.502. The highest BCUT2D eigenvalue weighted by molar-refractivity contribution is 7.99. The third kappa shape index (κ3) is 3.80. The van der Waals surface area contributed by atoms with Crippen molar-refractivity contribution >= 4 is 23.8 Å². The molecule has 0 saturated carbocycles. The lowest BCUT2D eigenvalue weighted by Gasteiger charge is -2.26. The molecule has 0 radical (unpaired) electrons. The minimum absolute atomic E-state index is 0.00745. The van der Waals surface area contributed by atoms with Crippen LogP contribution >= 0.6 is 11.8 Å². The summed E-state index contributed by atoms with van der Waals surface area (Å²) >= 11 is 1.79. The Hall–Kier alpha value is -0.910. The fourth-order valence-corrected chi connectivity index (χ4v) is 2.69. The quantitative estimate of drug-likeness (QED) is 0.840. The average molecular weight is 274 g/mol. The summed E-state index contributed by atoms with van der Waals surface area (Å²) < 4.78 is 4.56. The Morgan fingerprint density at radius 2 is 2.11 bits per heavy atom. The van der Waals surface area contributed by atoms with Crippen LogP contribution in [0.5, 0.6) is 0 Å². The van der Waals surface area contributed by atoms with E-state index < -0.39 is 12.1 Å². The molecule has 18 heavy (non-hydrogen) atoms. The van der Waals surface area contributed by atoms with Gasteiger partial charge in [-0.15, -0.1) is 0 Å². The Morgan fingerprint density at radius 3 is 2.56 bits per heavy atom. The number of carbonyl (C=O) groups excluding carboxylic acids is 2. The van der Waals surface area contributed by atoms with Crippen LogP contribution in [0.15, 0.2) is 0 Å². The van der Waals surface area contributed by atoms with Gasteiger partial charge >= 0.3 is 6.09 Å². The topological polar surface area (TPSA) is 58.6 Å². The molecule has 0 aliphatic carbocycles. The normalized spacial score (nSPS) is 20.9. The summed E-state index contributed by atoms with van der Waals surface area (Å²) in [4.78, 5) is 25.4. The Bertz CT molecular complexity index is 310. The lowest BCUT2D eigenvalue weighted by molar-refractivity contribution is -0.133. The van der Waals surface area contributed by atoms with Gasteiger partial charge < -0.3 is 15.0 Å². The van der Waals surface area contributed by atoms with E-state index in [1.54, 1.807) is 11.8 Å². The van der Waals surface area contributed by atoms with E-state index in [0.717, 1.165) is 19.5 Å². The highest BCUT2D eigenvalue weighted by Gasteiger charge is 2.33. The third-order valence-corrected chi connectivity index (χ3v) is 4.23. The molecule has 1 unspecified atom stereocenters. The number of ether oxygens (including phenoxy) is 1. The highest BCUT2D eigenvalue weighted by atomic mass is 32.2. The molecule has 1 N–H and O–H groups in total. The van der Waals surface area contributed by atoms with Crippen LogP contribution in [-0.4, -0.2) is 54.6 Å². The zero-order valence-electron chi connectivity index (χ0n) is 11.4. The summed E-state index contributed by atoms with van der Waals surface area (Å²) in [6.07, 6.45) is 2.53. The van der Waals surface area contributed by atoms with Crippen molar-refractivity contribution in [3.8, 4) is 0 Å². The van der Waals surface area contributed by atoms with Crippen LogP contribution in [0.3, 0.4) is 0 Å². The second-order valence-electron chi connectivity index (χ2n) is 4.79. The smallest absolute Gasteiger partial charge is 0.407 e. The molecule has 1 aliphatic rings. The summed E-state index contributed by atoms with van der Waals surface area (Å²) in [5, 5.41) is 3.13. The lowest BCUT2D eigenvalue weighted by atomic mass is 10.0. The first-order valence-corrected chi connectivity index (χ1v) is 7.44. The molecule has 1 fully saturated rings. The molecule has 1 rings (SSSR count). The van der Waals surface area contributed by atoms with Crippen molar-refractivity contribution in [3.63, 3.8) is 0 Å². The first kappa shape index (κ1) is 15.1. The van der Waals surface area contributed by atoms with Gasteiger partial charge in [-0.25, -0.2) is 4.79 Å². The van der Waals surface area contributed by atoms with Gasteiger partial charge in [0.25, 0.3) is 0 Å². The van der Waals surface area contributed by atoms with Crippen molar-refractivity contribution in [2.24, 2.45) is 5.92 Å². The fraction of sp³-hybridized carbons (Fsp3) is 0.833. The number of carbonyl (C=O) groups is 2. The van der Waals surface area contributed by atoms with E-state index in [2.05, 4.69) is 16.3 Å².